The summed E-state index contributed by atoms with van der Waals surface area (Å²) in [6.45, 7) is 3.20. The van der Waals surface area contributed by atoms with Gasteiger partial charge in [-0.15, -0.1) is 0 Å². The first-order valence-corrected chi connectivity index (χ1v) is 5.07. The Morgan fingerprint density at radius 1 is 1.69 bits per heavy atom. The molecule has 2 atom stereocenters. The van der Waals surface area contributed by atoms with E-state index in [1.165, 1.54) is 12.8 Å². The second-order valence-electron chi connectivity index (χ2n) is 3.75. The minimum absolute atomic E-state index is 0.440. The first-order valence-electron chi connectivity index (χ1n) is 4.69. The zero-order valence-corrected chi connectivity index (χ0v) is 8.46. The zero-order chi connectivity index (χ0) is 9.42. The highest BCUT2D eigenvalue weighted by Gasteiger charge is 2.35. The van der Waals surface area contributed by atoms with Crippen LogP contribution in [0.5, 0.6) is 0 Å². The van der Waals surface area contributed by atoms with Gasteiger partial charge in [0, 0.05) is 12.7 Å². The Bertz CT molecular complexity index is 288. The lowest BCUT2D eigenvalue weighted by molar-refractivity contribution is 0.527. The second kappa shape index (κ2) is 3.22. The molecule has 2 N–H and O–H groups in total. The first-order chi connectivity index (χ1) is 6.20. The van der Waals surface area contributed by atoms with Gasteiger partial charge in [-0.1, -0.05) is 24.9 Å². The lowest BCUT2D eigenvalue weighted by Gasteiger charge is -1.98. The molecule has 0 saturated heterocycles. The zero-order valence-electron chi connectivity index (χ0n) is 7.70. The van der Waals surface area contributed by atoms with Gasteiger partial charge in [-0.25, -0.2) is 0 Å². The molecule has 3 nitrogen and oxygen atoms in total. The normalized spacial score (nSPS) is 26.3. The van der Waals surface area contributed by atoms with E-state index in [-0.39, 0.29) is 0 Å². The van der Waals surface area contributed by atoms with Crippen molar-refractivity contribution in [1.82, 2.24) is 9.78 Å². The number of aromatic nitrogens is 2. The number of nitrogens with two attached hydrogens (primary N) is 1. The van der Waals surface area contributed by atoms with Crippen molar-refractivity contribution in [1.29, 1.82) is 0 Å². The second-order valence-corrected chi connectivity index (χ2v) is 4.16. The van der Waals surface area contributed by atoms with Crippen molar-refractivity contribution in [3.63, 3.8) is 0 Å². The summed E-state index contributed by atoms with van der Waals surface area (Å²) in [6.07, 6.45) is 4.41. The third kappa shape index (κ3) is 1.80. The van der Waals surface area contributed by atoms with Crippen LogP contribution in [0.1, 0.15) is 19.8 Å². The maximum atomic E-state index is 5.80. The predicted molar refractivity (Wildman–Crippen MR) is 53.5 cm³/mol. The van der Waals surface area contributed by atoms with Crippen LogP contribution in [0, 0.1) is 11.8 Å². The van der Waals surface area contributed by atoms with Gasteiger partial charge in [-0.2, -0.15) is 5.10 Å². The first kappa shape index (κ1) is 8.88. The molecule has 1 heterocycles. The van der Waals surface area contributed by atoms with Gasteiger partial charge in [0.05, 0.1) is 0 Å². The molecule has 4 heteroatoms. The molecule has 72 valence electrons. The van der Waals surface area contributed by atoms with E-state index in [1.807, 2.05) is 10.9 Å². The van der Waals surface area contributed by atoms with Gasteiger partial charge in [0.15, 0.2) is 5.82 Å². The molecule has 0 radical (unpaired) electrons. The summed E-state index contributed by atoms with van der Waals surface area (Å²) < 4.78 is 1.86. The minimum Gasteiger partial charge on any atom is -0.381 e. The van der Waals surface area contributed by atoms with Crippen LogP contribution in [-0.2, 0) is 6.54 Å². The Balaban J connectivity index is 1.95. The van der Waals surface area contributed by atoms with Crippen molar-refractivity contribution >= 4 is 17.4 Å². The number of hydrogen-bond donors (Lipinski definition) is 1. The van der Waals surface area contributed by atoms with E-state index in [4.69, 9.17) is 17.3 Å². The fourth-order valence-electron chi connectivity index (χ4n) is 1.78. The van der Waals surface area contributed by atoms with Crippen LogP contribution < -0.4 is 5.73 Å². The topological polar surface area (TPSA) is 43.8 Å². The fraction of sp³-hybridized carbons (Fsp3) is 0.667. The molecule has 0 unspecified atom stereocenters. The number of nitrogens with zero attached hydrogens (tertiary/aromatic N) is 2. The Morgan fingerprint density at radius 3 is 2.92 bits per heavy atom. The van der Waals surface area contributed by atoms with Gasteiger partial charge in [0.2, 0.25) is 0 Å². The van der Waals surface area contributed by atoms with Crippen molar-refractivity contribution < 1.29 is 0 Å². The van der Waals surface area contributed by atoms with E-state index in [0.717, 1.165) is 18.4 Å². The maximum Gasteiger partial charge on any atom is 0.164 e. The van der Waals surface area contributed by atoms with E-state index in [2.05, 4.69) is 12.0 Å². The van der Waals surface area contributed by atoms with Crippen molar-refractivity contribution in [2.24, 2.45) is 11.8 Å². The molecule has 0 amide bonds. The highest BCUT2D eigenvalue weighted by molar-refractivity contribution is 6.32. The summed E-state index contributed by atoms with van der Waals surface area (Å²) in [6, 6.07) is 0. The van der Waals surface area contributed by atoms with Crippen molar-refractivity contribution in [3.8, 4) is 0 Å². The Labute approximate surface area is 82.9 Å². The molecule has 1 saturated carbocycles. The van der Waals surface area contributed by atoms with Crippen LogP contribution >= 0.6 is 11.6 Å². The number of anilines is 1. The largest absolute Gasteiger partial charge is 0.381 e. The number of nitrogen functional groups attached to an aromatic ring is 1. The molecule has 1 aliphatic rings. The molecular formula is C9H14ClN3. The van der Waals surface area contributed by atoms with Crippen molar-refractivity contribution in [2.75, 3.05) is 5.73 Å². The Morgan fingerprint density at radius 2 is 2.46 bits per heavy atom. The Hall–Kier alpha value is -0.700. The van der Waals surface area contributed by atoms with E-state index >= 15 is 0 Å². The van der Waals surface area contributed by atoms with Crippen LogP contribution in [0.2, 0.25) is 5.02 Å². The number of halogens is 1. The lowest BCUT2D eigenvalue weighted by Crippen LogP contribution is -2.02. The number of rotatable bonds is 3. The molecule has 0 bridgehead atoms. The van der Waals surface area contributed by atoms with E-state index in [9.17, 15) is 0 Å². The quantitative estimate of drug-likeness (QED) is 0.811. The molecule has 1 fully saturated rings. The summed E-state index contributed by atoms with van der Waals surface area (Å²) in [5.41, 5.74) is 5.54. The monoisotopic (exact) mass is 199 g/mol. The molecular weight excluding hydrogens is 186 g/mol. The maximum absolute atomic E-state index is 5.80. The van der Waals surface area contributed by atoms with Gasteiger partial charge in [-0.05, 0) is 18.3 Å². The minimum atomic E-state index is 0.440. The molecule has 1 aromatic heterocycles. The SMILES string of the molecule is CC[C@@H]1C[C@H]1Cn1cc(Cl)c(N)n1. The van der Waals surface area contributed by atoms with Crippen LogP contribution in [0.25, 0.3) is 0 Å². The van der Waals surface area contributed by atoms with E-state index < -0.39 is 0 Å². The summed E-state index contributed by atoms with van der Waals surface area (Å²) in [5, 5.41) is 4.69. The fourth-order valence-corrected chi connectivity index (χ4v) is 1.93. The lowest BCUT2D eigenvalue weighted by atomic mass is 10.2. The van der Waals surface area contributed by atoms with Crippen LogP contribution in [0.3, 0.4) is 0 Å². The third-order valence-corrected chi connectivity index (χ3v) is 3.05. The van der Waals surface area contributed by atoms with Crippen LogP contribution in [0.15, 0.2) is 6.20 Å². The third-order valence-electron chi connectivity index (χ3n) is 2.76. The van der Waals surface area contributed by atoms with Crippen LogP contribution in [0.4, 0.5) is 5.82 Å². The molecule has 13 heavy (non-hydrogen) atoms. The molecule has 1 aromatic rings. The summed E-state index contributed by atoms with van der Waals surface area (Å²) in [4.78, 5) is 0. The summed E-state index contributed by atoms with van der Waals surface area (Å²) in [7, 11) is 0. The van der Waals surface area contributed by atoms with Gasteiger partial charge >= 0.3 is 0 Å². The predicted octanol–water partition coefficient (Wildman–Crippen LogP) is 2.16. The summed E-state index contributed by atoms with van der Waals surface area (Å²) in [5.74, 6) is 2.12. The van der Waals surface area contributed by atoms with E-state index in [0.29, 0.717) is 10.8 Å². The molecule has 0 spiro atoms. The highest BCUT2D eigenvalue weighted by atomic mass is 35.5. The summed E-state index contributed by atoms with van der Waals surface area (Å²) >= 11 is 5.80. The molecule has 0 aliphatic heterocycles. The van der Waals surface area contributed by atoms with Gasteiger partial charge in [0.1, 0.15) is 5.02 Å². The standard InChI is InChI=1S/C9H14ClN3/c1-2-6-3-7(6)4-13-5-8(10)9(11)12-13/h5-7H,2-4H2,1H3,(H2,11,12)/t6-,7+/m1/s1. The number of hydrogen-bond acceptors (Lipinski definition) is 2. The average Bonchev–Trinajstić information content (AvgIpc) is 2.75. The smallest absolute Gasteiger partial charge is 0.164 e. The van der Waals surface area contributed by atoms with Gasteiger partial charge < -0.3 is 5.73 Å². The van der Waals surface area contributed by atoms with Gasteiger partial charge in [0.25, 0.3) is 0 Å². The van der Waals surface area contributed by atoms with Crippen LogP contribution in [-0.4, -0.2) is 9.78 Å². The molecule has 0 aromatic carbocycles. The highest BCUT2D eigenvalue weighted by Crippen LogP contribution is 2.42. The Kier molecular flexibility index (Phi) is 2.20. The van der Waals surface area contributed by atoms with Crippen molar-refractivity contribution in [3.05, 3.63) is 11.2 Å². The average molecular weight is 200 g/mol. The van der Waals surface area contributed by atoms with Gasteiger partial charge in [-0.3, -0.25) is 4.68 Å². The molecule has 1 aliphatic carbocycles. The molecule has 2 rings (SSSR count). The van der Waals surface area contributed by atoms with E-state index in [1.54, 1.807) is 0 Å². The van der Waals surface area contributed by atoms with Crippen molar-refractivity contribution in [2.45, 2.75) is 26.3 Å².